The van der Waals surface area contributed by atoms with Crippen LogP contribution in [0.15, 0.2) is 66.0 Å². The molecule has 1 saturated heterocycles. The first-order chi connectivity index (χ1) is 17.0. The average Bonchev–Trinajstić information content (AvgIpc) is 3.54. The Bertz CT molecular complexity index is 1380. The molecule has 6 rings (SSSR count). The Labute approximate surface area is 205 Å². The highest BCUT2D eigenvalue weighted by molar-refractivity contribution is 5.86. The third-order valence-corrected chi connectivity index (χ3v) is 6.96. The Morgan fingerprint density at radius 2 is 1.89 bits per heavy atom. The van der Waals surface area contributed by atoms with E-state index in [1.807, 2.05) is 23.0 Å². The number of rotatable bonds is 6. The smallest absolute Gasteiger partial charge is 0.180 e. The predicted molar refractivity (Wildman–Crippen MR) is 140 cm³/mol. The Morgan fingerprint density at radius 1 is 1.06 bits per heavy atom. The molecule has 2 aromatic heterocycles. The second-order valence-electron chi connectivity index (χ2n) is 9.99. The topological polar surface area (TPSA) is 67.0 Å². The second-order valence-corrected chi connectivity index (χ2v) is 9.99. The standard InChI is InChI=1S/C28H30N6O/c1-28(2,19-33-11-13-35-14-12-33)23-5-7-24(8-6-23)31-26-27-30-9-10-34(27)18-25(32-26)20-3-4-21-16-29-17-22(21)15-20/h3-10,15-16,18H,11-14,17,19H2,1-2H3,(H,31,32). The van der Waals surface area contributed by atoms with Crippen molar-refractivity contribution in [1.82, 2.24) is 19.3 Å². The fraction of sp³-hybridized carbons (Fsp3) is 0.321. The maximum absolute atomic E-state index is 5.50. The number of imidazole rings is 1. The maximum atomic E-state index is 5.50. The summed E-state index contributed by atoms with van der Waals surface area (Å²) in [5.74, 6) is 0.740. The van der Waals surface area contributed by atoms with Crippen molar-refractivity contribution in [3.05, 3.63) is 77.7 Å². The number of anilines is 2. The quantitative estimate of drug-likeness (QED) is 0.447. The van der Waals surface area contributed by atoms with Gasteiger partial charge in [0.15, 0.2) is 11.5 Å². The zero-order chi connectivity index (χ0) is 23.8. The molecular formula is C28H30N6O. The van der Waals surface area contributed by atoms with Gasteiger partial charge in [-0.05, 0) is 34.9 Å². The van der Waals surface area contributed by atoms with Gasteiger partial charge in [0.25, 0.3) is 0 Å². The zero-order valence-corrected chi connectivity index (χ0v) is 20.2. The first kappa shape index (κ1) is 21.9. The maximum Gasteiger partial charge on any atom is 0.180 e. The summed E-state index contributed by atoms with van der Waals surface area (Å²) in [6, 6.07) is 15.1. The molecule has 4 aromatic rings. The molecule has 0 radical (unpaired) electrons. The zero-order valence-electron chi connectivity index (χ0n) is 20.2. The van der Waals surface area contributed by atoms with E-state index in [0.29, 0.717) is 0 Å². The van der Waals surface area contributed by atoms with Crippen molar-refractivity contribution < 1.29 is 4.74 Å². The molecule has 0 saturated carbocycles. The Balaban J connectivity index is 1.25. The molecule has 0 bridgehead atoms. The number of benzene rings is 2. The summed E-state index contributed by atoms with van der Waals surface area (Å²) >= 11 is 0. The van der Waals surface area contributed by atoms with E-state index in [4.69, 9.17) is 9.72 Å². The summed E-state index contributed by atoms with van der Waals surface area (Å²) in [7, 11) is 0. The van der Waals surface area contributed by atoms with Gasteiger partial charge in [-0.2, -0.15) is 0 Å². The van der Waals surface area contributed by atoms with E-state index in [0.717, 1.165) is 67.8 Å². The van der Waals surface area contributed by atoms with E-state index in [2.05, 4.69) is 76.5 Å². The highest BCUT2D eigenvalue weighted by Gasteiger charge is 2.25. The summed E-state index contributed by atoms with van der Waals surface area (Å²) in [5.41, 5.74) is 7.57. The molecule has 0 spiro atoms. The normalized spacial score (nSPS) is 16.1. The highest BCUT2D eigenvalue weighted by atomic mass is 16.5. The molecular weight excluding hydrogens is 436 g/mol. The molecule has 0 amide bonds. The molecule has 1 fully saturated rings. The van der Waals surface area contributed by atoms with Gasteiger partial charge in [0.1, 0.15) is 0 Å². The van der Waals surface area contributed by atoms with Crippen molar-refractivity contribution >= 4 is 23.4 Å². The number of ether oxygens (including phenoxy) is 1. The summed E-state index contributed by atoms with van der Waals surface area (Å²) in [6.07, 6.45) is 7.73. The largest absolute Gasteiger partial charge is 0.379 e. The van der Waals surface area contributed by atoms with Gasteiger partial charge in [-0.1, -0.05) is 38.1 Å². The molecule has 0 aliphatic carbocycles. The number of nitrogens with zero attached hydrogens (tertiary/aromatic N) is 5. The van der Waals surface area contributed by atoms with E-state index in [1.54, 1.807) is 6.20 Å². The first-order valence-corrected chi connectivity index (χ1v) is 12.2. The number of fused-ring (bicyclic) bond motifs is 2. The SMILES string of the molecule is CC(C)(CN1CCOCC1)c1ccc(Nc2nc(-c3ccc4c(c3)CN=C4)cn3ccnc23)cc1. The van der Waals surface area contributed by atoms with Crippen LogP contribution in [0.1, 0.15) is 30.5 Å². The van der Waals surface area contributed by atoms with Gasteiger partial charge < -0.3 is 14.5 Å². The number of hydrogen-bond donors (Lipinski definition) is 1. The van der Waals surface area contributed by atoms with Crippen LogP contribution in [0, 0.1) is 0 Å². The Morgan fingerprint density at radius 3 is 2.71 bits per heavy atom. The summed E-state index contributed by atoms with van der Waals surface area (Å²) in [5, 5.41) is 3.51. The molecule has 178 valence electrons. The minimum absolute atomic E-state index is 0.0572. The van der Waals surface area contributed by atoms with Crippen LogP contribution in [0.25, 0.3) is 16.9 Å². The van der Waals surface area contributed by atoms with Gasteiger partial charge in [-0.3, -0.25) is 9.89 Å². The fourth-order valence-corrected chi connectivity index (χ4v) is 4.98. The number of aliphatic imine (C=N–C) groups is 1. The molecule has 2 aliphatic rings. The molecule has 2 aromatic carbocycles. The lowest BCUT2D eigenvalue weighted by Gasteiger charge is -2.35. The molecule has 0 unspecified atom stereocenters. The van der Waals surface area contributed by atoms with Crippen molar-refractivity contribution in [2.75, 3.05) is 38.2 Å². The van der Waals surface area contributed by atoms with Crippen LogP contribution in [-0.2, 0) is 16.7 Å². The van der Waals surface area contributed by atoms with Crippen molar-refractivity contribution in [3.8, 4) is 11.3 Å². The van der Waals surface area contributed by atoms with Crippen LogP contribution in [-0.4, -0.2) is 58.3 Å². The van der Waals surface area contributed by atoms with Gasteiger partial charge >= 0.3 is 0 Å². The lowest BCUT2D eigenvalue weighted by Crippen LogP contribution is -2.43. The molecule has 1 N–H and O–H groups in total. The number of nitrogens with one attached hydrogen (secondary N) is 1. The molecule has 4 heterocycles. The Hall–Kier alpha value is -3.55. The van der Waals surface area contributed by atoms with Gasteiger partial charge in [-0.25, -0.2) is 9.97 Å². The summed E-state index contributed by atoms with van der Waals surface area (Å²) in [4.78, 5) is 16.4. The van der Waals surface area contributed by atoms with Crippen LogP contribution in [0.3, 0.4) is 0 Å². The number of morpholine rings is 1. The Kier molecular flexibility index (Phi) is 5.59. The van der Waals surface area contributed by atoms with Gasteiger partial charge in [0.05, 0.1) is 25.5 Å². The monoisotopic (exact) mass is 466 g/mol. The van der Waals surface area contributed by atoms with Crippen molar-refractivity contribution in [3.63, 3.8) is 0 Å². The average molecular weight is 467 g/mol. The van der Waals surface area contributed by atoms with Gasteiger partial charge in [0.2, 0.25) is 0 Å². The van der Waals surface area contributed by atoms with E-state index in [1.165, 1.54) is 16.7 Å². The van der Waals surface area contributed by atoms with Crippen molar-refractivity contribution in [1.29, 1.82) is 0 Å². The summed E-state index contributed by atoms with van der Waals surface area (Å²) < 4.78 is 7.53. The molecule has 0 atom stereocenters. The minimum Gasteiger partial charge on any atom is -0.379 e. The lowest BCUT2D eigenvalue weighted by molar-refractivity contribution is 0.0295. The third-order valence-electron chi connectivity index (χ3n) is 6.96. The molecule has 7 heteroatoms. The van der Waals surface area contributed by atoms with Crippen LogP contribution in [0.4, 0.5) is 11.5 Å². The lowest BCUT2D eigenvalue weighted by atomic mass is 9.84. The van der Waals surface area contributed by atoms with E-state index in [9.17, 15) is 0 Å². The molecule has 35 heavy (non-hydrogen) atoms. The van der Waals surface area contributed by atoms with Crippen LogP contribution >= 0.6 is 0 Å². The first-order valence-electron chi connectivity index (χ1n) is 12.2. The van der Waals surface area contributed by atoms with E-state index < -0.39 is 0 Å². The van der Waals surface area contributed by atoms with Crippen LogP contribution in [0.5, 0.6) is 0 Å². The predicted octanol–water partition coefficient (Wildman–Crippen LogP) is 4.68. The van der Waals surface area contributed by atoms with Crippen LogP contribution < -0.4 is 5.32 Å². The van der Waals surface area contributed by atoms with Crippen molar-refractivity contribution in [2.45, 2.75) is 25.8 Å². The van der Waals surface area contributed by atoms with E-state index in [-0.39, 0.29) is 5.41 Å². The van der Waals surface area contributed by atoms with E-state index >= 15 is 0 Å². The minimum atomic E-state index is 0.0572. The van der Waals surface area contributed by atoms with Gasteiger partial charge in [-0.15, -0.1) is 0 Å². The number of aromatic nitrogens is 3. The number of hydrogen-bond acceptors (Lipinski definition) is 6. The molecule has 2 aliphatic heterocycles. The highest BCUT2D eigenvalue weighted by Crippen LogP contribution is 2.29. The second kappa shape index (κ2) is 8.91. The van der Waals surface area contributed by atoms with Crippen LogP contribution in [0.2, 0.25) is 0 Å². The fourth-order valence-electron chi connectivity index (χ4n) is 4.98. The molecule has 7 nitrogen and oxygen atoms in total. The third kappa shape index (κ3) is 4.45. The van der Waals surface area contributed by atoms with Crippen molar-refractivity contribution in [2.24, 2.45) is 4.99 Å². The summed E-state index contributed by atoms with van der Waals surface area (Å²) in [6.45, 7) is 10.0. The van der Waals surface area contributed by atoms with Gasteiger partial charge in [0, 0.05) is 61.1 Å².